The average molecular weight is 386 g/mol. The Kier molecular flexibility index (Phi) is 5.73. The minimum Gasteiger partial charge on any atom is -0.471 e. The van der Waals surface area contributed by atoms with Crippen LogP contribution in [0.15, 0.2) is 60.9 Å². The molecule has 0 spiro atoms. The molecule has 0 saturated carbocycles. The first-order valence-electron chi connectivity index (χ1n) is 7.96. The lowest BCUT2D eigenvalue weighted by molar-refractivity contribution is 0.0600. The lowest BCUT2D eigenvalue weighted by atomic mass is 10.1. The topological polar surface area (TPSA) is 82.5 Å². The first-order chi connectivity index (χ1) is 13.0. The minimum absolute atomic E-state index is 0.171. The highest BCUT2D eigenvalue weighted by molar-refractivity contribution is 6.30. The molecule has 138 valence electrons. The Labute approximate surface area is 160 Å². The number of carbonyl (C=O) groups excluding carboxylic acids is 2. The molecule has 0 saturated heterocycles. The fourth-order valence-electron chi connectivity index (χ4n) is 2.27. The highest BCUT2D eigenvalue weighted by Gasteiger charge is 2.10. The van der Waals surface area contributed by atoms with E-state index in [0.717, 1.165) is 0 Å². The molecule has 0 aliphatic rings. The molecule has 1 amide bonds. The quantitative estimate of drug-likeness (QED) is 0.655. The van der Waals surface area contributed by atoms with Gasteiger partial charge in [-0.2, -0.15) is 5.10 Å². The monoisotopic (exact) mass is 385 g/mol. The van der Waals surface area contributed by atoms with Gasteiger partial charge in [-0.1, -0.05) is 17.7 Å². The van der Waals surface area contributed by atoms with Crippen LogP contribution in [-0.4, -0.2) is 28.8 Å². The fourth-order valence-corrected chi connectivity index (χ4v) is 2.46. The third kappa shape index (κ3) is 4.86. The van der Waals surface area contributed by atoms with E-state index in [2.05, 4.69) is 15.2 Å². The van der Waals surface area contributed by atoms with Crippen LogP contribution in [0.25, 0.3) is 0 Å². The van der Waals surface area contributed by atoms with Gasteiger partial charge in [0.15, 0.2) is 6.73 Å². The fraction of sp³-hybridized carbons (Fsp3) is 0.105. The van der Waals surface area contributed by atoms with E-state index in [1.165, 1.54) is 30.1 Å². The van der Waals surface area contributed by atoms with Crippen molar-refractivity contribution in [3.63, 3.8) is 0 Å². The smallest absolute Gasteiger partial charge is 0.337 e. The van der Waals surface area contributed by atoms with Gasteiger partial charge in [-0.25, -0.2) is 9.48 Å². The van der Waals surface area contributed by atoms with Crippen molar-refractivity contribution in [2.45, 2.75) is 6.73 Å². The van der Waals surface area contributed by atoms with Crippen LogP contribution in [0.2, 0.25) is 5.02 Å². The zero-order chi connectivity index (χ0) is 19.2. The second-order valence-corrected chi connectivity index (χ2v) is 5.96. The predicted molar refractivity (Wildman–Crippen MR) is 100 cm³/mol. The van der Waals surface area contributed by atoms with Crippen molar-refractivity contribution in [1.29, 1.82) is 0 Å². The maximum Gasteiger partial charge on any atom is 0.337 e. The van der Waals surface area contributed by atoms with Gasteiger partial charge in [0.2, 0.25) is 0 Å². The van der Waals surface area contributed by atoms with Crippen LogP contribution in [-0.2, 0) is 11.5 Å². The number of esters is 1. The van der Waals surface area contributed by atoms with Crippen molar-refractivity contribution in [1.82, 2.24) is 9.78 Å². The zero-order valence-corrected chi connectivity index (χ0v) is 15.1. The summed E-state index contributed by atoms with van der Waals surface area (Å²) in [5.74, 6) is -0.154. The van der Waals surface area contributed by atoms with Crippen molar-refractivity contribution >= 4 is 29.2 Å². The molecule has 0 radical (unpaired) electrons. The number of benzene rings is 2. The molecule has 7 nitrogen and oxygen atoms in total. The van der Waals surface area contributed by atoms with E-state index in [-0.39, 0.29) is 12.6 Å². The SMILES string of the molecule is COC(=O)c1ccc(C(=O)Nc2cnn(COc3cccc(Cl)c3)c2)cc1. The summed E-state index contributed by atoms with van der Waals surface area (Å²) in [7, 11) is 1.30. The van der Waals surface area contributed by atoms with Crippen LogP contribution in [0.5, 0.6) is 5.75 Å². The van der Waals surface area contributed by atoms with E-state index in [1.807, 2.05) is 0 Å². The molecule has 0 aliphatic carbocycles. The second-order valence-electron chi connectivity index (χ2n) is 5.52. The number of amides is 1. The number of ether oxygens (including phenoxy) is 2. The van der Waals surface area contributed by atoms with E-state index in [4.69, 9.17) is 16.3 Å². The maximum atomic E-state index is 12.3. The Morgan fingerprint density at radius 2 is 1.89 bits per heavy atom. The van der Waals surface area contributed by atoms with Gasteiger partial charge in [-0.3, -0.25) is 4.79 Å². The molecule has 0 atom stereocenters. The van der Waals surface area contributed by atoms with Crippen molar-refractivity contribution in [3.8, 4) is 5.75 Å². The molecule has 1 N–H and O–H groups in total. The highest BCUT2D eigenvalue weighted by Crippen LogP contribution is 2.17. The number of hydrogen-bond donors (Lipinski definition) is 1. The Balaban J connectivity index is 1.58. The third-order valence-electron chi connectivity index (χ3n) is 3.62. The summed E-state index contributed by atoms with van der Waals surface area (Å²) in [6, 6.07) is 13.2. The summed E-state index contributed by atoms with van der Waals surface area (Å²) < 4.78 is 11.7. The first-order valence-corrected chi connectivity index (χ1v) is 8.33. The van der Waals surface area contributed by atoms with Gasteiger partial charge in [0.05, 0.1) is 30.8 Å². The van der Waals surface area contributed by atoms with Gasteiger partial charge < -0.3 is 14.8 Å². The van der Waals surface area contributed by atoms with Crippen molar-refractivity contribution in [2.75, 3.05) is 12.4 Å². The van der Waals surface area contributed by atoms with Gasteiger partial charge in [0, 0.05) is 10.6 Å². The van der Waals surface area contributed by atoms with Gasteiger partial charge >= 0.3 is 5.97 Å². The summed E-state index contributed by atoms with van der Waals surface area (Å²) in [6.07, 6.45) is 3.16. The van der Waals surface area contributed by atoms with E-state index in [1.54, 1.807) is 42.6 Å². The molecule has 3 aromatic rings. The van der Waals surface area contributed by atoms with Crippen LogP contribution >= 0.6 is 11.6 Å². The Bertz CT molecular complexity index is 954. The average Bonchev–Trinajstić information content (AvgIpc) is 3.13. The van der Waals surface area contributed by atoms with Crippen LogP contribution < -0.4 is 10.1 Å². The predicted octanol–water partition coefficient (Wildman–Crippen LogP) is 3.61. The molecule has 1 heterocycles. The standard InChI is InChI=1S/C19H16ClN3O4/c1-26-19(25)14-7-5-13(6-8-14)18(24)22-16-10-21-23(11-16)12-27-17-4-2-3-15(20)9-17/h2-11H,12H2,1H3,(H,22,24). The van der Waals surface area contributed by atoms with E-state index in [9.17, 15) is 9.59 Å². The Morgan fingerprint density at radius 1 is 1.15 bits per heavy atom. The number of hydrogen-bond acceptors (Lipinski definition) is 5. The molecular formula is C19H16ClN3O4. The summed E-state index contributed by atoms with van der Waals surface area (Å²) in [4.78, 5) is 23.7. The van der Waals surface area contributed by atoms with E-state index in [0.29, 0.717) is 27.6 Å². The molecule has 3 rings (SSSR count). The Morgan fingerprint density at radius 3 is 2.59 bits per heavy atom. The van der Waals surface area contributed by atoms with Gasteiger partial charge in [0.1, 0.15) is 5.75 Å². The molecule has 0 bridgehead atoms. The number of halogens is 1. The number of nitrogens with one attached hydrogen (secondary N) is 1. The zero-order valence-electron chi connectivity index (χ0n) is 14.4. The molecule has 0 fully saturated rings. The maximum absolute atomic E-state index is 12.3. The number of methoxy groups -OCH3 is 1. The van der Waals surface area contributed by atoms with Crippen LogP contribution in [0.3, 0.4) is 0 Å². The summed E-state index contributed by atoms with van der Waals surface area (Å²) in [5, 5.41) is 7.45. The number of aromatic nitrogens is 2. The van der Waals surface area contributed by atoms with Crippen LogP contribution in [0.4, 0.5) is 5.69 Å². The van der Waals surface area contributed by atoms with Crippen molar-refractivity contribution < 1.29 is 19.1 Å². The normalized spacial score (nSPS) is 10.3. The molecule has 27 heavy (non-hydrogen) atoms. The van der Waals surface area contributed by atoms with Gasteiger partial charge in [-0.05, 0) is 42.5 Å². The van der Waals surface area contributed by atoms with Crippen LogP contribution in [0, 0.1) is 0 Å². The molecule has 1 aromatic heterocycles. The molecule has 2 aromatic carbocycles. The number of nitrogens with zero attached hydrogens (tertiary/aromatic N) is 2. The Hall–Kier alpha value is -3.32. The summed E-state index contributed by atoms with van der Waals surface area (Å²) in [6.45, 7) is 0.171. The van der Waals surface area contributed by atoms with Gasteiger partial charge in [-0.15, -0.1) is 0 Å². The summed E-state index contributed by atoms with van der Waals surface area (Å²) in [5.41, 5.74) is 1.30. The summed E-state index contributed by atoms with van der Waals surface area (Å²) >= 11 is 5.91. The van der Waals surface area contributed by atoms with Crippen molar-refractivity contribution in [3.05, 3.63) is 77.1 Å². The lowest BCUT2D eigenvalue weighted by Crippen LogP contribution is -2.12. The molecule has 8 heteroatoms. The second kappa shape index (κ2) is 8.37. The molecule has 0 unspecified atom stereocenters. The van der Waals surface area contributed by atoms with E-state index < -0.39 is 5.97 Å². The third-order valence-corrected chi connectivity index (χ3v) is 3.85. The lowest BCUT2D eigenvalue weighted by Gasteiger charge is -2.06. The molecule has 0 aliphatic heterocycles. The number of rotatable bonds is 6. The van der Waals surface area contributed by atoms with Crippen molar-refractivity contribution in [2.24, 2.45) is 0 Å². The van der Waals surface area contributed by atoms with E-state index >= 15 is 0 Å². The number of anilines is 1. The van der Waals surface area contributed by atoms with Crippen LogP contribution in [0.1, 0.15) is 20.7 Å². The molecular weight excluding hydrogens is 370 g/mol. The highest BCUT2D eigenvalue weighted by atomic mass is 35.5. The minimum atomic E-state index is -0.456. The first kappa shape index (κ1) is 18.5. The van der Waals surface area contributed by atoms with Gasteiger partial charge in [0.25, 0.3) is 5.91 Å². The largest absolute Gasteiger partial charge is 0.471 e. The number of carbonyl (C=O) groups is 2.